The highest BCUT2D eigenvalue weighted by Crippen LogP contribution is 2.36. The van der Waals surface area contributed by atoms with E-state index in [9.17, 15) is 4.39 Å². The van der Waals surface area contributed by atoms with Gasteiger partial charge in [0.05, 0.1) is 6.61 Å². The third-order valence-corrected chi connectivity index (χ3v) is 4.65. The van der Waals surface area contributed by atoms with E-state index in [0.29, 0.717) is 24.5 Å². The molecule has 4 heteroatoms. The van der Waals surface area contributed by atoms with Crippen LogP contribution >= 0.6 is 27.5 Å². The van der Waals surface area contributed by atoms with E-state index >= 15 is 0 Å². The normalized spacial score (nSPS) is 14.6. The molecule has 0 spiro atoms. The summed E-state index contributed by atoms with van der Waals surface area (Å²) in [5.74, 6) is 1.07. The lowest BCUT2D eigenvalue weighted by Crippen LogP contribution is -2.08. The maximum atomic E-state index is 14.0. The summed E-state index contributed by atoms with van der Waals surface area (Å²) < 4.78 is 20.8. The van der Waals surface area contributed by atoms with Gasteiger partial charge in [-0.2, -0.15) is 0 Å². The van der Waals surface area contributed by atoms with Crippen LogP contribution in [-0.2, 0) is 12.8 Å². The number of alkyl halides is 1. The molecule has 2 aromatic rings. The Balaban J connectivity index is 1.94. The molecule has 0 aromatic heterocycles. The van der Waals surface area contributed by atoms with Crippen molar-refractivity contribution in [1.82, 2.24) is 0 Å². The highest BCUT2D eigenvalue weighted by Gasteiger charge is 2.22. The predicted octanol–water partition coefficient (Wildman–Crippen LogP) is 5.09. The largest absolute Gasteiger partial charge is 0.493 e. The zero-order valence-corrected chi connectivity index (χ0v) is 13.8. The molecule has 1 aliphatic rings. The van der Waals surface area contributed by atoms with Crippen molar-refractivity contribution in [1.29, 1.82) is 0 Å². The van der Waals surface area contributed by atoms with Gasteiger partial charge in [-0.1, -0.05) is 34.1 Å². The summed E-state index contributed by atoms with van der Waals surface area (Å²) in [6.45, 7) is 0.712. The first-order valence-electron chi connectivity index (χ1n) is 6.93. The van der Waals surface area contributed by atoms with Crippen LogP contribution in [0.1, 0.15) is 22.6 Å². The first kappa shape index (κ1) is 14.9. The van der Waals surface area contributed by atoms with Gasteiger partial charge in [0.2, 0.25) is 0 Å². The molecule has 0 fully saturated rings. The zero-order valence-electron chi connectivity index (χ0n) is 11.4. The molecule has 1 nitrogen and oxygen atoms in total. The highest BCUT2D eigenvalue weighted by molar-refractivity contribution is 9.10. The van der Waals surface area contributed by atoms with Gasteiger partial charge in [0.15, 0.2) is 0 Å². The van der Waals surface area contributed by atoms with Gasteiger partial charge < -0.3 is 4.74 Å². The monoisotopic (exact) mass is 368 g/mol. The summed E-state index contributed by atoms with van der Waals surface area (Å²) in [4.78, 5) is 0. The molecule has 0 amide bonds. The van der Waals surface area contributed by atoms with E-state index in [0.717, 1.165) is 22.2 Å². The van der Waals surface area contributed by atoms with Crippen molar-refractivity contribution in [2.75, 3.05) is 12.5 Å². The Bertz CT molecular complexity index is 659. The fourth-order valence-corrected chi connectivity index (χ4v) is 3.64. The Morgan fingerprint density at radius 1 is 1.29 bits per heavy atom. The number of halogens is 3. The predicted molar refractivity (Wildman–Crippen MR) is 86.9 cm³/mol. The maximum absolute atomic E-state index is 14.0. The van der Waals surface area contributed by atoms with Gasteiger partial charge >= 0.3 is 0 Å². The van der Waals surface area contributed by atoms with Gasteiger partial charge in [0.1, 0.15) is 11.6 Å². The first-order valence-corrected chi connectivity index (χ1v) is 8.26. The van der Waals surface area contributed by atoms with E-state index in [-0.39, 0.29) is 11.7 Å². The highest BCUT2D eigenvalue weighted by atomic mass is 79.9. The number of hydrogen-bond acceptors (Lipinski definition) is 1. The van der Waals surface area contributed by atoms with Crippen molar-refractivity contribution in [3.8, 4) is 5.75 Å². The van der Waals surface area contributed by atoms with Crippen LogP contribution in [0.2, 0.25) is 0 Å². The van der Waals surface area contributed by atoms with Crippen LogP contribution in [0, 0.1) is 5.82 Å². The van der Waals surface area contributed by atoms with E-state index in [2.05, 4.69) is 22.0 Å². The summed E-state index contributed by atoms with van der Waals surface area (Å²) in [7, 11) is 0. The summed E-state index contributed by atoms with van der Waals surface area (Å²) >= 11 is 9.63. The molecule has 0 N–H and O–H groups in total. The average molecular weight is 370 g/mol. The van der Waals surface area contributed by atoms with Crippen LogP contribution in [0.4, 0.5) is 4.39 Å². The van der Waals surface area contributed by atoms with Crippen LogP contribution in [0.5, 0.6) is 5.75 Å². The van der Waals surface area contributed by atoms with Gasteiger partial charge in [-0.15, -0.1) is 11.6 Å². The van der Waals surface area contributed by atoms with E-state index in [4.69, 9.17) is 16.3 Å². The molecule has 1 atom stereocenters. The summed E-state index contributed by atoms with van der Waals surface area (Å²) in [5, 5.41) is 0. The SMILES string of the molecule is Fc1ccccc1C(CCl)Cc1cc(Br)cc2c1OCC2. The minimum absolute atomic E-state index is 0.0598. The van der Waals surface area contributed by atoms with Crippen LogP contribution < -0.4 is 4.74 Å². The van der Waals surface area contributed by atoms with Crippen LogP contribution in [0.15, 0.2) is 40.9 Å². The van der Waals surface area contributed by atoms with Gasteiger partial charge in [0, 0.05) is 22.7 Å². The lowest BCUT2D eigenvalue weighted by atomic mass is 9.92. The van der Waals surface area contributed by atoms with Crippen LogP contribution in [0.25, 0.3) is 0 Å². The Morgan fingerprint density at radius 2 is 2.10 bits per heavy atom. The van der Waals surface area contributed by atoms with Crippen molar-refractivity contribution in [3.63, 3.8) is 0 Å². The van der Waals surface area contributed by atoms with Crippen molar-refractivity contribution >= 4 is 27.5 Å². The number of ether oxygens (including phenoxy) is 1. The van der Waals surface area contributed by atoms with Crippen molar-refractivity contribution in [2.24, 2.45) is 0 Å². The second-order valence-electron chi connectivity index (χ2n) is 5.23. The number of fused-ring (bicyclic) bond motifs is 1. The number of benzene rings is 2. The topological polar surface area (TPSA) is 9.23 Å². The first-order chi connectivity index (χ1) is 10.2. The molecule has 0 saturated heterocycles. The third kappa shape index (κ3) is 3.09. The smallest absolute Gasteiger partial charge is 0.126 e. The number of rotatable bonds is 4. The van der Waals surface area contributed by atoms with E-state index < -0.39 is 0 Å². The summed E-state index contributed by atoms with van der Waals surface area (Å²) in [6, 6.07) is 11.0. The van der Waals surface area contributed by atoms with Gasteiger partial charge in [-0.05, 0) is 41.3 Å². The second-order valence-corrected chi connectivity index (χ2v) is 6.45. The number of hydrogen-bond donors (Lipinski definition) is 0. The second kappa shape index (κ2) is 6.37. The Kier molecular flexibility index (Phi) is 4.51. The standard InChI is InChI=1S/C17H15BrClFO/c18-14-8-11-5-6-21-17(11)12(9-14)7-13(10-19)15-3-1-2-4-16(15)20/h1-4,8-9,13H,5-7,10H2. The quantitative estimate of drug-likeness (QED) is 0.682. The molecule has 0 saturated carbocycles. The average Bonchev–Trinajstić information content (AvgIpc) is 2.93. The Morgan fingerprint density at radius 3 is 2.86 bits per heavy atom. The fourth-order valence-electron chi connectivity index (χ4n) is 2.82. The maximum Gasteiger partial charge on any atom is 0.126 e. The van der Waals surface area contributed by atoms with Gasteiger partial charge in [0.25, 0.3) is 0 Å². The molecule has 0 radical (unpaired) electrons. The Hall–Kier alpha value is -1.06. The summed E-state index contributed by atoms with van der Waals surface area (Å²) in [6.07, 6.45) is 1.60. The zero-order chi connectivity index (χ0) is 14.8. The minimum atomic E-state index is -0.198. The minimum Gasteiger partial charge on any atom is -0.493 e. The molecule has 2 aromatic carbocycles. The van der Waals surface area contributed by atoms with Crippen LogP contribution in [0.3, 0.4) is 0 Å². The van der Waals surface area contributed by atoms with E-state index in [1.54, 1.807) is 12.1 Å². The molecule has 1 unspecified atom stereocenters. The van der Waals surface area contributed by atoms with Gasteiger partial charge in [-0.3, -0.25) is 0 Å². The van der Waals surface area contributed by atoms with Crippen molar-refractivity contribution < 1.29 is 9.13 Å². The lowest BCUT2D eigenvalue weighted by molar-refractivity contribution is 0.352. The van der Waals surface area contributed by atoms with Crippen molar-refractivity contribution in [3.05, 3.63) is 63.4 Å². The lowest BCUT2D eigenvalue weighted by Gasteiger charge is -2.17. The molecule has 3 rings (SSSR count). The third-order valence-electron chi connectivity index (χ3n) is 3.82. The fraction of sp³-hybridized carbons (Fsp3) is 0.294. The van der Waals surface area contributed by atoms with E-state index in [1.807, 2.05) is 12.1 Å². The molecule has 1 aliphatic heterocycles. The summed E-state index contributed by atoms with van der Waals surface area (Å²) in [5.41, 5.74) is 2.96. The molecule has 1 heterocycles. The molecule has 0 bridgehead atoms. The van der Waals surface area contributed by atoms with Gasteiger partial charge in [-0.25, -0.2) is 4.39 Å². The molecule has 21 heavy (non-hydrogen) atoms. The molecule has 110 valence electrons. The molecular formula is C17H15BrClFO. The molecular weight excluding hydrogens is 355 g/mol. The molecule has 0 aliphatic carbocycles. The van der Waals surface area contributed by atoms with Crippen LogP contribution in [-0.4, -0.2) is 12.5 Å². The van der Waals surface area contributed by atoms with Crippen molar-refractivity contribution in [2.45, 2.75) is 18.8 Å². The van der Waals surface area contributed by atoms with E-state index in [1.165, 1.54) is 11.6 Å². The Labute approximate surface area is 137 Å².